The summed E-state index contributed by atoms with van der Waals surface area (Å²) >= 11 is 0. The predicted octanol–water partition coefficient (Wildman–Crippen LogP) is 0.292. The van der Waals surface area contributed by atoms with Gasteiger partial charge in [0.1, 0.15) is 11.8 Å². The van der Waals surface area contributed by atoms with Crippen molar-refractivity contribution in [2.45, 2.75) is 6.10 Å². The highest BCUT2D eigenvalue weighted by molar-refractivity contribution is 5.71. The Hall–Kier alpha value is -1.33. The van der Waals surface area contributed by atoms with Gasteiger partial charge in [-0.1, -0.05) is 0 Å². The van der Waals surface area contributed by atoms with Gasteiger partial charge >= 0.3 is 0 Å². The van der Waals surface area contributed by atoms with Gasteiger partial charge in [0.15, 0.2) is 12.1 Å². The Kier molecular flexibility index (Phi) is 3.03. The molecule has 1 saturated heterocycles. The van der Waals surface area contributed by atoms with Crippen LogP contribution < -0.4 is 0 Å². The van der Waals surface area contributed by atoms with Gasteiger partial charge in [0.2, 0.25) is 0 Å². The summed E-state index contributed by atoms with van der Waals surface area (Å²) < 4.78 is 5.55. The SMILES string of the molecule is CN1CCOC(c2nccc(C=O)n2)C1. The summed E-state index contributed by atoms with van der Waals surface area (Å²) in [4.78, 5) is 21.0. The Labute approximate surface area is 88.1 Å². The van der Waals surface area contributed by atoms with E-state index >= 15 is 0 Å². The molecule has 1 unspecified atom stereocenters. The van der Waals surface area contributed by atoms with Crippen molar-refractivity contribution in [1.29, 1.82) is 0 Å². The van der Waals surface area contributed by atoms with Crippen LogP contribution in [0.4, 0.5) is 0 Å². The molecule has 0 N–H and O–H groups in total. The van der Waals surface area contributed by atoms with Gasteiger partial charge in [-0.05, 0) is 13.1 Å². The minimum Gasteiger partial charge on any atom is -0.368 e. The van der Waals surface area contributed by atoms with E-state index in [1.807, 2.05) is 7.05 Å². The van der Waals surface area contributed by atoms with Crippen LogP contribution in [-0.4, -0.2) is 47.9 Å². The second kappa shape index (κ2) is 4.46. The molecule has 1 aliphatic heterocycles. The molecule has 5 heteroatoms. The minimum absolute atomic E-state index is 0.122. The molecule has 0 aliphatic carbocycles. The van der Waals surface area contributed by atoms with E-state index in [-0.39, 0.29) is 6.10 Å². The Balaban J connectivity index is 2.17. The summed E-state index contributed by atoms with van der Waals surface area (Å²) in [6, 6.07) is 1.59. The van der Waals surface area contributed by atoms with Crippen LogP contribution in [-0.2, 0) is 4.74 Å². The number of aldehydes is 1. The smallest absolute Gasteiger partial charge is 0.168 e. The number of aromatic nitrogens is 2. The summed E-state index contributed by atoms with van der Waals surface area (Å²) in [7, 11) is 2.03. The molecule has 2 rings (SSSR count). The highest BCUT2D eigenvalue weighted by atomic mass is 16.5. The normalized spacial score (nSPS) is 22.6. The number of ether oxygens (including phenoxy) is 1. The van der Waals surface area contributed by atoms with Crippen LogP contribution in [0.15, 0.2) is 12.3 Å². The Morgan fingerprint density at radius 1 is 1.67 bits per heavy atom. The van der Waals surface area contributed by atoms with Crippen LogP contribution in [0.25, 0.3) is 0 Å². The largest absolute Gasteiger partial charge is 0.368 e. The first kappa shape index (κ1) is 10.2. The van der Waals surface area contributed by atoms with Crippen LogP contribution in [0.5, 0.6) is 0 Å². The van der Waals surface area contributed by atoms with Crippen molar-refractivity contribution in [3.63, 3.8) is 0 Å². The quantitative estimate of drug-likeness (QED) is 0.652. The van der Waals surface area contributed by atoms with E-state index in [1.165, 1.54) is 0 Å². The van der Waals surface area contributed by atoms with E-state index in [2.05, 4.69) is 14.9 Å². The fourth-order valence-electron chi connectivity index (χ4n) is 1.54. The van der Waals surface area contributed by atoms with Gasteiger partial charge in [-0.2, -0.15) is 0 Å². The van der Waals surface area contributed by atoms with E-state index in [0.717, 1.165) is 19.4 Å². The molecule has 80 valence electrons. The zero-order valence-electron chi connectivity index (χ0n) is 8.59. The first-order valence-corrected chi connectivity index (χ1v) is 4.88. The van der Waals surface area contributed by atoms with Gasteiger partial charge in [0, 0.05) is 19.3 Å². The van der Waals surface area contributed by atoms with E-state index < -0.39 is 0 Å². The number of nitrogens with zero attached hydrogens (tertiary/aromatic N) is 3. The molecule has 1 aromatic rings. The zero-order valence-corrected chi connectivity index (χ0v) is 8.59. The molecule has 1 atom stereocenters. The molecule has 1 aromatic heterocycles. The maximum Gasteiger partial charge on any atom is 0.168 e. The van der Waals surface area contributed by atoms with Crippen LogP contribution in [0.1, 0.15) is 22.4 Å². The fourth-order valence-corrected chi connectivity index (χ4v) is 1.54. The summed E-state index contributed by atoms with van der Waals surface area (Å²) in [5.41, 5.74) is 0.400. The van der Waals surface area contributed by atoms with Crippen LogP contribution in [0.3, 0.4) is 0 Å². The summed E-state index contributed by atoms with van der Waals surface area (Å²) in [5.74, 6) is 0.589. The molecular formula is C10H13N3O2. The molecule has 0 saturated carbocycles. The monoisotopic (exact) mass is 207 g/mol. The predicted molar refractivity (Wildman–Crippen MR) is 53.6 cm³/mol. The maximum absolute atomic E-state index is 10.6. The summed E-state index contributed by atoms with van der Waals surface area (Å²) in [6.07, 6.45) is 2.19. The van der Waals surface area contributed by atoms with Crippen molar-refractivity contribution in [2.24, 2.45) is 0 Å². The molecule has 0 amide bonds. The summed E-state index contributed by atoms with van der Waals surface area (Å²) in [6.45, 7) is 2.36. The number of morpholine rings is 1. The first-order chi connectivity index (χ1) is 7.29. The third kappa shape index (κ3) is 2.37. The van der Waals surface area contributed by atoms with Gasteiger partial charge < -0.3 is 9.64 Å². The lowest BCUT2D eigenvalue weighted by Gasteiger charge is -2.28. The topological polar surface area (TPSA) is 55.3 Å². The van der Waals surface area contributed by atoms with Gasteiger partial charge in [-0.25, -0.2) is 9.97 Å². The number of hydrogen-bond acceptors (Lipinski definition) is 5. The highest BCUT2D eigenvalue weighted by Crippen LogP contribution is 2.17. The van der Waals surface area contributed by atoms with Gasteiger partial charge in [0.05, 0.1) is 6.61 Å². The van der Waals surface area contributed by atoms with Crippen molar-refractivity contribution < 1.29 is 9.53 Å². The number of carbonyl (C=O) groups is 1. The van der Waals surface area contributed by atoms with Gasteiger partial charge in [-0.3, -0.25) is 4.79 Å². The van der Waals surface area contributed by atoms with E-state index in [0.29, 0.717) is 18.1 Å². The maximum atomic E-state index is 10.6. The number of carbonyl (C=O) groups excluding carboxylic acids is 1. The molecule has 0 spiro atoms. The van der Waals surface area contributed by atoms with Crippen LogP contribution in [0, 0.1) is 0 Å². The molecule has 2 heterocycles. The first-order valence-electron chi connectivity index (χ1n) is 4.88. The fraction of sp³-hybridized carbons (Fsp3) is 0.500. The van der Waals surface area contributed by atoms with Crippen molar-refractivity contribution >= 4 is 6.29 Å². The lowest BCUT2D eigenvalue weighted by atomic mass is 10.2. The molecule has 0 aromatic carbocycles. The number of hydrogen-bond donors (Lipinski definition) is 0. The number of likely N-dealkylation sites (N-methyl/N-ethyl adjacent to an activating group) is 1. The third-order valence-electron chi connectivity index (χ3n) is 2.37. The van der Waals surface area contributed by atoms with Gasteiger partial charge in [-0.15, -0.1) is 0 Å². The lowest BCUT2D eigenvalue weighted by molar-refractivity contribution is -0.0255. The van der Waals surface area contributed by atoms with E-state index in [1.54, 1.807) is 12.3 Å². The van der Waals surface area contributed by atoms with Crippen LogP contribution in [0.2, 0.25) is 0 Å². The third-order valence-corrected chi connectivity index (χ3v) is 2.37. The van der Waals surface area contributed by atoms with E-state index in [4.69, 9.17) is 4.74 Å². The highest BCUT2D eigenvalue weighted by Gasteiger charge is 2.21. The molecular weight excluding hydrogens is 194 g/mol. The Bertz CT molecular complexity index is 356. The average molecular weight is 207 g/mol. The lowest BCUT2D eigenvalue weighted by Crippen LogP contribution is -2.36. The number of rotatable bonds is 2. The Morgan fingerprint density at radius 2 is 2.53 bits per heavy atom. The molecule has 1 aliphatic rings. The zero-order chi connectivity index (χ0) is 10.7. The van der Waals surface area contributed by atoms with Crippen molar-refractivity contribution in [2.75, 3.05) is 26.7 Å². The van der Waals surface area contributed by atoms with Crippen molar-refractivity contribution in [3.05, 3.63) is 23.8 Å². The second-order valence-electron chi connectivity index (χ2n) is 3.58. The van der Waals surface area contributed by atoms with E-state index in [9.17, 15) is 4.79 Å². The Morgan fingerprint density at radius 3 is 3.27 bits per heavy atom. The molecule has 0 radical (unpaired) electrons. The average Bonchev–Trinajstić information content (AvgIpc) is 2.29. The minimum atomic E-state index is -0.122. The van der Waals surface area contributed by atoms with Crippen LogP contribution >= 0.6 is 0 Å². The van der Waals surface area contributed by atoms with Gasteiger partial charge in [0.25, 0.3) is 0 Å². The van der Waals surface area contributed by atoms with Crippen molar-refractivity contribution in [3.8, 4) is 0 Å². The second-order valence-corrected chi connectivity index (χ2v) is 3.58. The molecule has 1 fully saturated rings. The van der Waals surface area contributed by atoms with Crippen molar-refractivity contribution in [1.82, 2.24) is 14.9 Å². The molecule has 15 heavy (non-hydrogen) atoms. The standard InChI is InChI=1S/C10H13N3O2/c1-13-4-5-15-9(6-13)10-11-3-2-8(7-14)12-10/h2-3,7,9H,4-6H2,1H3. The summed E-state index contributed by atoms with van der Waals surface area (Å²) in [5, 5.41) is 0. The molecule has 0 bridgehead atoms. The molecule has 5 nitrogen and oxygen atoms in total.